The van der Waals surface area contributed by atoms with Crippen LogP contribution in [0.1, 0.15) is 31.9 Å². The fourth-order valence-corrected chi connectivity index (χ4v) is 2.35. The molecule has 0 aliphatic carbocycles. The second kappa shape index (κ2) is 5.40. The van der Waals surface area contributed by atoms with Crippen LogP contribution < -0.4 is 15.0 Å². The SMILES string of the molecule is CCCNC1C(=O)N(CC)c2cc(OC)ccc21. The molecule has 0 fully saturated rings. The summed E-state index contributed by atoms with van der Waals surface area (Å²) < 4.78 is 5.23. The van der Waals surface area contributed by atoms with Gasteiger partial charge in [0.1, 0.15) is 11.8 Å². The Bertz CT molecular complexity index is 445. The zero-order valence-corrected chi connectivity index (χ0v) is 11.2. The van der Waals surface area contributed by atoms with E-state index in [0.29, 0.717) is 6.54 Å². The number of rotatable bonds is 5. The van der Waals surface area contributed by atoms with Crippen molar-refractivity contribution in [3.8, 4) is 5.75 Å². The summed E-state index contributed by atoms with van der Waals surface area (Å²) in [5.74, 6) is 0.922. The molecule has 1 aliphatic rings. The number of fused-ring (bicyclic) bond motifs is 1. The van der Waals surface area contributed by atoms with E-state index < -0.39 is 0 Å². The van der Waals surface area contributed by atoms with Crippen LogP contribution in [0.2, 0.25) is 0 Å². The molecule has 1 N–H and O–H groups in total. The van der Waals surface area contributed by atoms with Gasteiger partial charge in [0, 0.05) is 18.2 Å². The van der Waals surface area contributed by atoms with Gasteiger partial charge in [-0.25, -0.2) is 0 Å². The monoisotopic (exact) mass is 248 g/mol. The Morgan fingerprint density at radius 3 is 2.78 bits per heavy atom. The smallest absolute Gasteiger partial charge is 0.248 e. The summed E-state index contributed by atoms with van der Waals surface area (Å²) in [4.78, 5) is 14.1. The van der Waals surface area contributed by atoms with Gasteiger partial charge in [0.15, 0.2) is 0 Å². The molecule has 1 unspecified atom stereocenters. The van der Waals surface area contributed by atoms with Gasteiger partial charge in [-0.05, 0) is 26.0 Å². The number of amides is 1. The lowest BCUT2D eigenvalue weighted by molar-refractivity contribution is -0.119. The van der Waals surface area contributed by atoms with Gasteiger partial charge in [0.05, 0.1) is 12.8 Å². The topological polar surface area (TPSA) is 41.6 Å². The first-order valence-corrected chi connectivity index (χ1v) is 6.45. The van der Waals surface area contributed by atoms with Crippen LogP contribution in [-0.2, 0) is 4.79 Å². The van der Waals surface area contributed by atoms with E-state index >= 15 is 0 Å². The van der Waals surface area contributed by atoms with Crippen LogP contribution in [0, 0.1) is 0 Å². The number of ether oxygens (including phenoxy) is 1. The molecule has 1 aromatic rings. The lowest BCUT2D eigenvalue weighted by atomic mass is 10.1. The van der Waals surface area contributed by atoms with Gasteiger partial charge < -0.3 is 15.0 Å². The predicted octanol–water partition coefficient (Wildman–Crippen LogP) is 2.10. The Morgan fingerprint density at radius 2 is 2.17 bits per heavy atom. The summed E-state index contributed by atoms with van der Waals surface area (Å²) in [5.41, 5.74) is 2.02. The number of methoxy groups -OCH3 is 1. The van der Waals surface area contributed by atoms with Crippen LogP contribution in [-0.4, -0.2) is 26.1 Å². The first kappa shape index (κ1) is 12.9. The molecule has 1 aromatic carbocycles. The summed E-state index contributed by atoms with van der Waals surface area (Å²) in [6, 6.07) is 5.62. The van der Waals surface area contributed by atoms with Gasteiger partial charge in [0.25, 0.3) is 0 Å². The normalized spacial score (nSPS) is 18.1. The van der Waals surface area contributed by atoms with E-state index in [0.717, 1.165) is 30.0 Å². The van der Waals surface area contributed by atoms with Gasteiger partial charge in [-0.3, -0.25) is 4.79 Å². The molecule has 4 nitrogen and oxygen atoms in total. The minimum absolute atomic E-state index is 0.134. The Morgan fingerprint density at radius 1 is 1.39 bits per heavy atom. The maximum atomic E-state index is 12.3. The quantitative estimate of drug-likeness (QED) is 0.867. The third-order valence-corrected chi connectivity index (χ3v) is 3.27. The second-order valence-corrected chi connectivity index (χ2v) is 4.39. The highest BCUT2D eigenvalue weighted by Gasteiger charge is 2.36. The highest BCUT2D eigenvalue weighted by atomic mass is 16.5. The minimum atomic E-state index is -0.203. The standard InChI is InChI=1S/C14H20N2O2/c1-4-8-15-13-11-7-6-10(18-3)9-12(11)16(5-2)14(13)17/h6-7,9,13,15H,4-5,8H2,1-3H3. The number of nitrogens with one attached hydrogen (secondary N) is 1. The lowest BCUT2D eigenvalue weighted by Crippen LogP contribution is -2.34. The number of hydrogen-bond acceptors (Lipinski definition) is 3. The van der Waals surface area contributed by atoms with Crippen molar-refractivity contribution in [2.24, 2.45) is 0 Å². The van der Waals surface area contributed by atoms with Gasteiger partial charge >= 0.3 is 0 Å². The van der Waals surface area contributed by atoms with Crippen molar-refractivity contribution in [3.05, 3.63) is 23.8 Å². The van der Waals surface area contributed by atoms with E-state index in [9.17, 15) is 4.79 Å². The summed E-state index contributed by atoms with van der Waals surface area (Å²) in [6.07, 6.45) is 1.02. The molecule has 18 heavy (non-hydrogen) atoms. The third kappa shape index (κ3) is 2.08. The van der Waals surface area contributed by atoms with Crippen LogP contribution in [0.5, 0.6) is 5.75 Å². The maximum Gasteiger partial charge on any atom is 0.248 e. The molecule has 0 saturated carbocycles. The lowest BCUT2D eigenvalue weighted by Gasteiger charge is -2.15. The number of likely N-dealkylation sites (N-methyl/N-ethyl adjacent to an activating group) is 1. The van der Waals surface area contributed by atoms with Crippen molar-refractivity contribution in [1.29, 1.82) is 0 Å². The Labute approximate surface area is 108 Å². The van der Waals surface area contributed by atoms with Crippen molar-refractivity contribution in [2.45, 2.75) is 26.3 Å². The molecule has 1 aliphatic heterocycles. The molecule has 1 amide bonds. The highest BCUT2D eigenvalue weighted by molar-refractivity contribution is 6.04. The fraction of sp³-hybridized carbons (Fsp3) is 0.500. The third-order valence-electron chi connectivity index (χ3n) is 3.27. The van der Waals surface area contributed by atoms with Gasteiger partial charge in [0.2, 0.25) is 5.91 Å². The molecule has 1 heterocycles. The average molecular weight is 248 g/mol. The van der Waals surface area contributed by atoms with E-state index in [4.69, 9.17) is 4.74 Å². The number of nitrogens with zero attached hydrogens (tertiary/aromatic N) is 1. The minimum Gasteiger partial charge on any atom is -0.497 e. The van der Waals surface area contributed by atoms with Gasteiger partial charge in [-0.2, -0.15) is 0 Å². The molecule has 4 heteroatoms. The van der Waals surface area contributed by atoms with Crippen molar-refractivity contribution in [1.82, 2.24) is 5.32 Å². The molecule has 1 atom stereocenters. The number of benzene rings is 1. The molecule has 98 valence electrons. The van der Waals surface area contributed by atoms with Crippen molar-refractivity contribution >= 4 is 11.6 Å². The molecule has 0 aromatic heterocycles. The largest absolute Gasteiger partial charge is 0.497 e. The summed E-state index contributed by atoms with van der Waals surface area (Å²) in [7, 11) is 1.64. The zero-order chi connectivity index (χ0) is 13.1. The Balaban J connectivity index is 2.36. The van der Waals surface area contributed by atoms with E-state index in [1.165, 1.54) is 0 Å². The van der Waals surface area contributed by atoms with Crippen LogP contribution in [0.3, 0.4) is 0 Å². The first-order valence-electron chi connectivity index (χ1n) is 6.45. The molecule has 2 rings (SSSR count). The predicted molar refractivity (Wildman–Crippen MR) is 72.1 cm³/mol. The zero-order valence-electron chi connectivity index (χ0n) is 11.2. The number of carbonyl (C=O) groups is 1. The van der Waals surface area contributed by atoms with E-state index in [-0.39, 0.29) is 11.9 Å². The van der Waals surface area contributed by atoms with E-state index in [1.54, 1.807) is 7.11 Å². The van der Waals surface area contributed by atoms with Gasteiger partial charge in [-0.15, -0.1) is 0 Å². The maximum absolute atomic E-state index is 12.3. The van der Waals surface area contributed by atoms with Crippen molar-refractivity contribution in [3.63, 3.8) is 0 Å². The summed E-state index contributed by atoms with van der Waals surface area (Å²) in [5, 5.41) is 3.31. The molecular formula is C14H20N2O2. The highest BCUT2D eigenvalue weighted by Crippen LogP contribution is 2.38. The fourth-order valence-electron chi connectivity index (χ4n) is 2.35. The number of hydrogen-bond donors (Lipinski definition) is 1. The van der Waals surface area contributed by atoms with Crippen molar-refractivity contribution in [2.75, 3.05) is 25.1 Å². The van der Waals surface area contributed by atoms with Crippen LogP contribution >= 0.6 is 0 Å². The Kier molecular flexibility index (Phi) is 3.87. The van der Waals surface area contributed by atoms with E-state index in [2.05, 4.69) is 12.2 Å². The van der Waals surface area contributed by atoms with E-state index in [1.807, 2.05) is 30.0 Å². The molecule has 0 saturated heterocycles. The average Bonchev–Trinajstić information content (AvgIpc) is 2.66. The molecular weight excluding hydrogens is 228 g/mol. The van der Waals surface area contributed by atoms with Crippen molar-refractivity contribution < 1.29 is 9.53 Å². The molecule has 0 spiro atoms. The summed E-state index contributed by atoms with van der Waals surface area (Å²) >= 11 is 0. The van der Waals surface area contributed by atoms with Crippen LogP contribution in [0.15, 0.2) is 18.2 Å². The Hall–Kier alpha value is -1.55. The molecule has 0 bridgehead atoms. The van der Waals surface area contributed by atoms with Crippen LogP contribution in [0.25, 0.3) is 0 Å². The molecule has 0 radical (unpaired) electrons. The van der Waals surface area contributed by atoms with Gasteiger partial charge in [-0.1, -0.05) is 13.0 Å². The van der Waals surface area contributed by atoms with Crippen LogP contribution in [0.4, 0.5) is 5.69 Å². The summed E-state index contributed by atoms with van der Waals surface area (Å²) in [6.45, 7) is 5.62. The first-order chi connectivity index (χ1) is 8.72. The number of carbonyl (C=O) groups excluding carboxylic acids is 1. The second-order valence-electron chi connectivity index (χ2n) is 4.39. The number of anilines is 1.